The summed E-state index contributed by atoms with van der Waals surface area (Å²) in [7, 11) is 1.35. The predicted molar refractivity (Wildman–Crippen MR) is 90.2 cm³/mol. The fraction of sp³-hybridized carbons (Fsp3) is 0.471. The number of aliphatic carboxylic acids is 1. The van der Waals surface area contributed by atoms with E-state index in [1.54, 1.807) is 24.3 Å². The van der Waals surface area contributed by atoms with Crippen LogP contribution in [0, 0.1) is 0 Å². The SMILES string of the molecule is CCOc1ccccc1C(CC(=O)NC(COC)C(=O)O)NC(C)=O. The molecule has 8 heteroatoms. The van der Waals surface area contributed by atoms with Gasteiger partial charge in [0.15, 0.2) is 6.04 Å². The second-order valence-electron chi connectivity index (χ2n) is 5.34. The zero-order valence-corrected chi connectivity index (χ0v) is 14.6. The van der Waals surface area contributed by atoms with Crippen LogP contribution in [-0.4, -0.2) is 49.3 Å². The van der Waals surface area contributed by atoms with Crippen molar-refractivity contribution in [3.63, 3.8) is 0 Å². The van der Waals surface area contributed by atoms with Crippen molar-refractivity contribution < 1.29 is 29.0 Å². The normalized spacial score (nSPS) is 12.8. The number of carbonyl (C=O) groups is 3. The van der Waals surface area contributed by atoms with Crippen LogP contribution < -0.4 is 15.4 Å². The molecule has 0 heterocycles. The summed E-state index contributed by atoms with van der Waals surface area (Å²) in [6.07, 6.45) is -0.128. The first-order valence-electron chi connectivity index (χ1n) is 7.88. The van der Waals surface area contributed by atoms with E-state index in [-0.39, 0.29) is 18.9 Å². The molecule has 0 aromatic heterocycles. The minimum Gasteiger partial charge on any atom is -0.494 e. The first kappa shape index (κ1) is 20.4. The van der Waals surface area contributed by atoms with Gasteiger partial charge in [0.1, 0.15) is 5.75 Å². The number of para-hydroxylation sites is 1. The van der Waals surface area contributed by atoms with Crippen LogP contribution in [0.2, 0.25) is 0 Å². The highest BCUT2D eigenvalue weighted by Gasteiger charge is 2.24. The molecule has 25 heavy (non-hydrogen) atoms. The lowest BCUT2D eigenvalue weighted by molar-refractivity contribution is -0.143. The molecule has 0 aliphatic rings. The molecule has 2 amide bonds. The number of nitrogens with one attached hydrogen (secondary N) is 2. The van der Waals surface area contributed by atoms with E-state index in [0.29, 0.717) is 17.9 Å². The Morgan fingerprint density at radius 1 is 1.20 bits per heavy atom. The molecule has 1 aromatic rings. The molecule has 0 spiro atoms. The van der Waals surface area contributed by atoms with Crippen LogP contribution in [0.15, 0.2) is 24.3 Å². The third-order valence-corrected chi connectivity index (χ3v) is 3.33. The van der Waals surface area contributed by atoms with E-state index in [0.717, 1.165) is 0 Å². The maximum absolute atomic E-state index is 12.2. The van der Waals surface area contributed by atoms with E-state index in [1.165, 1.54) is 14.0 Å². The first-order valence-corrected chi connectivity index (χ1v) is 7.88. The summed E-state index contributed by atoms with van der Waals surface area (Å²) in [6, 6.07) is 5.27. The van der Waals surface area contributed by atoms with Gasteiger partial charge in [0.05, 0.1) is 25.7 Å². The summed E-state index contributed by atoms with van der Waals surface area (Å²) >= 11 is 0. The molecule has 3 N–H and O–H groups in total. The van der Waals surface area contributed by atoms with Crippen LogP contribution >= 0.6 is 0 Å². The van der Waals surface area contributed by atoms with Gasteiger partial charge in [0, 0.05) is 19.6 Å². The third kappa shape index (κ3) is 6.80. The minimum absolute atomic E-state index is 0.128. The van der Waals surface area contributed by atoms with E-state index < -0.39 is 24.0 Å². The molecule has 0 aliphatic carbocycles. The minimum atomic E-state index is -1.19. The van der Waals surface area contributed by atoms with E-state index in [9.17, 15) is 14.4 Å². The summed E-state index contributed by atoms with van der Waals surface area (Å²) in [6.45, 7) is 3.46. The summed E-state index contributed by atoms with van der Waals surface area (Å²) in [5, 5.41) is 14.2. The van der Waals surface area contributed by atoms with Crippen LogP contribution in [0.5, 0.6) is 5.75 Å². The van der Waals surface area contributed by atoms with Gasteiger partial charge >= 0.3 is 5.97 Å². The maximum atomic E-state index is 12.2. The van der Waals surface area contributed by atoms with Crippen molar-refractivity contribution in [1.82, 2.24) is 10.6 Å². The van der Waals surface area contributed by atoms with Gasteiger partial charge in [-0.15, -0.1) is 0 Å². The summed E-state index contributed by atoms with van der Waals surface area (Å²) in [5.41, 5.74) is 0.647. The second-order valence-corrected chi connectivity index (χ2v) is 5.34. The molecule has 1 rings (SSSR count). The Morgan fingerprint density at radius 3 is 2.44 bits per heavy atom. The van der Waals surface area contributed by atoms with Gasteiger partial charge in [-0.25, -0.2) is 4.79 Å². The third-order valence-electron chi connectivity index (χ3n) is 3.33. The number of rotatable bonds is 10. The number of carboxylic acid groups (broad SMARTS) is 1. The number of hydrogen-bond acceptors (Lipinski definition) is 5. The highest BCUT2D eigenvalue weighted by Crippen LogP contribution is 2.27. The largest absolute Gasteiger partial charge is 0.494 e. The molecule has 0 radical (unpaired) electrons. The van der Waals surface area contributed by atoms with Crippen molar-refractivity contribution in [2.24, 2.45) is 0 Å². The van der Waals surface area contributed by atoms with E-state index in [1.807, 2.05) is 6.92 Å². The van der Waals surface area contributed by atoms with Crippen molar-refractivity contribution in [3.8, 4) is 5.75 Å². The van der Waals surface area contributed by atoms with E-state index >= 15 is 0 Å². The van der Waals surface area contributed by atoms with Crippen molar-refractivity contribution >= 4 is 17.8 Å². The Labute approximate surface area is 146 Å². The van der Waals surface area contributed by atoms with Crippen LogP contribution in [0.1, 0.15) is 31.9 Å². The molecule has 1 aromatic carbocycles. The zero-order chi connectivity index (χ0) is 18.8. The quantitative estimate of drug-likeness (QED) is 0.576. The lowest BCUT2D eigenvalue weighted by atomic mass is 10.0. The Kier molecular flexibility index (Phi) is 8.42. The Morgan fingerprint density at radius 2 is 1.88 bits per heavy atom. The number of hydrogen-bond donors (Lipinski definition) is 3. The fourth-order valence-corrected chi connectivity index (χ4v) is 2.32. The van der Waals surface area contributed by atoms with Crippen molar-refractivity contribution in [1.29, 1.82) is 0 Å². The molecule has 0 fully saturated rings. The Bertz CT molecular complexity index is 605. The van der Waals surface area contributed by atoms with E-state index in [4.69, 9.17) is 14.6 Å². The number of carbonyl (C=O) groups excluding carboxylic acids is 2. The molecule has 2 unspecified atom stereocenters. The average Bonchev–Trinajstić information content (AvgIpc) is 2.54. The molecular formula is C17H24N2O6. The highest BCUT2D eigenvalue weighted by atomic mass is 16.5. The van der Waals surface area contributed by atoms with Gasteiger partial charge in [-0.3, -0.25) is 9.59 Å². The summed E-state index contributed by atoms with van der Waals surface area (Å²) in [4.78, 5) is 34.9. The summed E-state index contributed by atoms with van der Waals surface area (Å²) < 4.78 is 10.3. The van der Waals surface area contributed by atoms with Gasteiger partial charge in [-0.1, -0.05) is 18.2 Å². The second kappa shape index (κ2) is 10.3. The fourth-order valence-electron chi connectivity index (χ4n) is 2.32. The van der Waals surface area contributed by atoms with Gasteiger partial charge in [-0.2, -0.15) is 0 Å². The van der Waals surface area contributed by atoms with Crippen LogP contribution in [-0.2, 0) is 19.1 Å². The highest BCUT2D eigenvalue weighted by molar-refractivity contribution is 5.84. The number of methoxy groups -OCH3 is 1. The molecule has 0 bridgehead atoms. The van der Waals surface area contributed by atoms with Crippen molar-refractivity contribution in [3.05, 3.63) is 29.8 Å². The molecule has 2 atom stereocenters. The van der Waals surface area contributed by atoms with Crippen LogP contribution in [0.4, 0.5) is 0 Å². The molecular weight excluding hydrogens is 328 g/mol. The lowest BCUT2D eigenvalue weighted by Crippen LogP contribution is -2.45. The van der Waals surface area contributed by atoms with Crippen molar-refractivity contribution in [2.75, 3.05) is 20.3 Å². The molecule has 8 nitrogen and oxygen atoms in total. The number of amides is 2. The maximum Gasteiger partial charge on any atom is 0.328 e. The van der Waals surface area contributed by atoms with Gasteiger partial charge in [0.25, 0.3) is 0 Å². The summed E-state index contributed by atoms with van der Waals surface area (Å²) in [5.74, 6) is -1.46. The smallest absolute Gasteiger partial charge is 0.328 e. The molecule has 0 aliphatic heterocycles. The lowest BCUT2D eigenvalue weighted by Gasteiger charge is -2.22. The molecule has 0 saturated heterocycles. The number of ether oxygens (including phenoxy) is 2. The zero-order valence-electron chi connectivity index (χ0n) is 14.6. The van der Waals surface area contributed by atoms with Gasteiger partial charge < -0.3 is 25.2 Å². The molecule has 0 saturated carbocycles. The van der Waals surface area contributed by atoms with Crippen molar-refractivity contribution in [2.45, 2.75) is 32.4 Å². The molecule has 138 valence electrons. The van der Waals surface area contributed by atoms with E-state index in [2.05, 4.69) is 10.6 Å². The van der Waals surface area contributed by atoms with Crippen LogP contribution in [0.25, 0.3) is 0 Å². The first-order chi connectivity index (χ1) is 11.9. The Balaban J connectivity index is 2.95. The standard InChI is InChI=1S/C17H24N2O6/c1-4-25-15-8-6-5-7-12(15)13(18-11(2)20)9-16(21)19-14(10-24-3)17(22)23/h5-8,13-14H,4,9-10H2,1-3H3,(H,18,20)(H,19,21)(H,22,23). The van der Waals surface area contributed by atoms with Gasteiger partial charge in [0.2, 0.25) is 11.8 Å². The Hall–Kier alpha value is -2.61. The predicted octanol–water partition coefficient (Wildman–Crippen LogP) is 0.868. The average molecular weight is 352 g/mol. The van der Waals surface area contributed by atoms with Crippen LogP contribution in [0.3, 0.4) is 0 Å². The number of benzene rings is 1. The number of carboxylic acids is 1. The van der Waals surface area contributed by atoms with Gasteiger partial charge in [-0.05, 0) is 13.0 Å². The topological polar surface area (TPSA) is 114 Å². The monoisotopic (exact) mass is 352 g/mol.